The van der Waals surface area contributed by atoms with Gasteiger partial charge < -0.3 is 5.11 Å². The van der Waals surface area contributed by atoms with Crippen LogP contribution in [0.1, 0.15) is 43.9 Å². The van der Waals surface area contributed by atoms with Crippen molar-refractivity contribution in [3.63, 3.8) is 0 Å². The fourth-order valence-electron chi connectivity index (χ4n) is 1.68. The molecular weight excluding hydrogens is 236 g/mol. The van der Waals surface area contributed by atoms with E-state index >= 15 is 0 Å². The van der Waals surface area contributed by atoms with E-state index in [1.54, 1.807) is 11.3 Å². The molecule has 17 heavy (non-hydrogen) atoms. The fraction of sp³-hybridized carbons (Fsp3) is 0.667. The topological polar surface area (TPSA) is 62.2 Å². The largest absolute Gasteiger partial charge is 0.480 e. The van der Waals surface area contributed by atoms with Crippen LogP contribution in [-0.4, -0.2) is 22.1 Å². The molecule has 2 unspecified atom stereocenters. The Balaban J connectivity index is 2.63. The van der Waals surface area contributed by atoms with Crippen LogP contribution >= 0.6 is 11.3 Å². The highest BCUT2D eigenvalue weighted by molar-refractivity contribution is 7.09. The maximum absolute atomic E-state index is 11.1. The highest BCUT2D eigenvalue weighted by Crippen LogP contribution is 2.17. The van der Waals surface area contributed by atoms with Gasteiger partial charge in [-0.3, -0.25) is 10.1 Å². The van der Waals surface area contributed by atoms with Crippen molar-refractivity contribution >= 4 is 17.3 Å². The van der Waals surface area contributed by atoms with Gasteiger partial charge in [-0.15, -0.1) is 11.3 Å². The van der Waals surface area contributed by atoms with Crippen LogP contribution in [0.25, 0.3) is 0 Å². The Morgan fingerprint density at radius 2 is 2.18 bits per heavy atom. The van der Waals surface area contributed by atoms with Crippen molar-refractivity contribution in [1.29, 1.82) is 0 Å². The summed E-state index contributed by atoms with van der Waals surface area (Å²) in [6.07, 6.45) is 0.628. The predicted molar refractivity (Wildman–Crippen MR) is 69.3 cm³/mol. The van der Waals surface area contributed by atoms with E-state index in [1.807, 2.05) is 33.1 Å². The van der Waals surface area contributed by atoms with Gasteiger partial charge in [0.15, 0.2) is 0 Å². The van der Waals surface area contributed by atoms with Gasteiger partial charge in [0, 0.05) is 11.4 Å². The Bertz CT molecular complexity index is 376. The van der Waals surface area contributed by atoms with Crippen molar-refractivity contribution < 1.29 is 9.90 Å². The number of nitrogens with zero attached hydrogens (tertiary/aromatic N) is 1. The third-order valence-corrected chi connectivity index (χ3v) is 3.33. The van der Waals surface area contributed by atoms with E-state index in [1.165, 1.54) is 0 Å². The zero-order chi connectivity index (χ0) is 13.0. The Hall–Kier alpha value is -0.940. The van der Waals surface area contributed by atoms with Crippen LogP contribution in [0.4, 0.5) is 0 Å². The Morgan fingerprint density at radius 1 is 1.53 bits per heavy atom. The van der Waals surface area contributed by atoms with Crippen molar-refractivity contribution in [3.05, 3.63) is 16.1 Å². The minimum Gasteiger partial charge on any atom is -0.480 e. The van der Waals surface area contributed by atoms with Crippen LogP contribution in [0.3, 0.4) is 0 Å². The molecule has 1 rings (SSSR count). The van der Waals surface area contributed by atoms with Crippen molar-refractivity contribution in [2.75, 3.05) is 0 Å². The van der Waals surface area contributed by atoms with E-state index in [0.717, 1.165) is 10.7 Å². The quantitative estimate of drug-likeness (QED) is 0.821. The lowest BCUT2D eigenvalue weighted by Crippen LogP contribution is -2.39. The van der Waals surface area contributed by atoms with Gasteiger partial charge in [0.05, 0.1) is 10.7 Å². The average molecular weight is 256 g/mol. The molecular formula is C12H20N2O2S. The SMILES string of the molecule is Cc1nc(C(C)NC(CC(C)C)C(=O)O)cs1. The third-order valence-electron chi connectivity index (χ3n) is 2.54. The van der Waals surface area contributed by atoms with Gasteiger partial charge in [-0.2, -0.15) is 0 Å². The van der Waals surface area contributed by atoms with Gasteiger partial charge in [0.1, 0.15) is 6.04 Å². The van der Waals surface area contributed by atoms with Gasteiger partial charge in [0.2, 0.25) is 0 Å². The van der Waals surface area contributed by atoms with E-state index in [4.69, 9.17) is 5.11 Å². The van der Waals surface area contributed by atoms with Crippen molar-refractivity contribution in [3.8, 4) is 0 Å². The summed E-state index contributed by atoms with van der Waals surface area (Å²) in [6, 6.07) is -0.535. The minimum absolute atomic E-state index is 0.0280. The van der Waals surface area contributed by atoms with Gasteiger partial charge in [-0.25, -0.2) is 4.98 Å². The molecule has 0 aromatic carbocycles. The number of carboxylic acid groups (broad SMARTS) is 1. The maximum atomic E-state index is 11.1. The molecule has 1 aromatic heterocycles. The molecule has 0 aliphatic carbocycles. The van der Waals surface area contributed by atoms with E-state index in [9.17, 15) is 4.79 Å². The molecule has 5 heteroatoms. The highest BCUT2D eigenvalue weighted by Gasteiger charge is 2.22. The first-order valence-electron chi connectivity index (χ1n) is 5.81. The number of aryl methyl sites for hydroxylation is 1. The molecule has 0 fully saturated rings. The number of rotatable bonds is 6. The average Bonchev–Trinajstić information content (AvgIpc) is 2.63. The second-order valence-electron chi connectivity index (χ2n) is 4.70. The summed E-state index contributed by atoms with van der Waals surface area (Å²) in [4.78, 5) is 15.5. The van der Waals surface area contributed by atoms with Crippen LogP contribution in [0.2, 0.25) is 0 Å². The molecule has 0 aliphatic rings. The molecule has 1 heterocycles. The molecule has 96 valence electrons. The molecule has 0 saturated heterocycles. The monoisotopic (exact) mass is 256 g/mol. The number of carbonyl (C=O) groups is 1. The summed E-state index contributed by atoms with van der Waals surface area (Å²) >= 11 is 1.58. The second-order valence-corrected chi connectivity index (χ2v) is 5.76. The summed E-state index contributed by atoms with van der Waals surface area (Å²) in [7, 11) is 0. The van der Waals surface area contributed by atoms with Crippen LogP contribution in [0, 0.1) is 12.8 Å². The van der Waals surface area contributed by atoms with E-state index in [2.05, 4.69) is 10.3 Å². The van der Waals surface area contributed by atoms with E-state index in [-0.39, 0.29) is 6.04 Å². The first-order chi connectivity index (χ1) is 7.90. The molecule has 2 N–H and O–H groups in total. The Labute approximate surface area is 106 Å². The summed E-state index contributed by atoms with van der Waals surface area (Å²) in [5, 5.41) is 15.2. The lowest BCUT2D eigenvalue weighted by Gasteiger charge is -2.20. The number of aromatic nitrogens is 1. The fourth-order valence-corrected chi connectivity index (χ4v) is 2.38. The first kappa shape index (κ1) is 14.1. The molecule has 0 aliphatic heterocycles. The number of hydrogen-bond donors (Lipinski definition) is 2. The first-order valence-corrected chi connectivity index (χ1v) is 6.69. The van der Waals surface area contributed by atoms with Gasteiger partial charge in [-0.1, -0.05) is 13.8 Å². The lowest BCUT2D eigenvalue weighted by atomic mass is 10.0. The lowest BCUT2D eigenvalue weighted by molar-refractivity contribution is -0.140. The molecule has 0 saturated carbocycles. The van der Waals surface area contributed by atoms with E-state index < -0.39 is 12.0 Å². The van der Waals surface area contributed by atoms with Crippen molar-refractivity contribution in [2.24, 2.45) is 5.92 Å². The van der Waals surface area contributed by atoms with Crippen molar-refractivity contribution in [1.82, 2.24) is 10.3 Å². The highest BCUT2D eigenvalue weighted by atomic mass is 32.1. The number of thiazole rings is 1. The number of carboxylic acids is 1. The number of nitrogens with one attached hydrogen (secondary N) is 1. The third kappa shape index (κ3) is 4.44. The molecule has 1 aromatic rings. The molecule has 0 bridgehead atoms. The van der Waals surface area contributed by atoms with Crippen molar-refractivity contribution in [2.45, 2.75) is 46.2 Å². The Morgan fingerprint density at radius 3 is 2.59 bits per heavy atom. The zero-order valence-corrected chi connectivity index (χ0v) is 11.5. The van der Waals surface area contributed by atoms with Crippen LogP contribution in [0.5, 0.6) is 0 Å². The van der Waals surface area contributed by atoms with Crippen LogP contribution < -0.4 is 5.32 Å². The number of aliphatic carboxylic acids is 1. The second kappa shape index (κ2) is 6.12. The predicted octanol–water partition coefficient (Wildman–Crippen LogP) is 2.60. The van der Waals surface area contributed by atoms with Crippen LogP contribution in [0.15, 0.2) is 5.38 Å². The maximum Gasteiger partial charge on any atom is 0.320 e. The Kier molecular flexibility index (Phi) is 5.08. The summed E-state index contributed by atoms with van der Waals surface area (Å²) in [5.74, 6) is -0.439. The van der Waals surface area contributed by atoms with Gasteiger partial charge >= 0.3 is 5.97 Å². The zero-order valence-electron chi connectivity index (χ0n) is 10.7. The summed E-state index contributed by atoms with van der Waals surface area (Å²) in [5.41, 5.74) is 0.919. The van der Waals surface area contributed by atoms with Gasteiger partial charge in [-0.05, 0) is 26.2 Å². The number of hydrogen-bond acceptors (Lipinski definition) is 4. The standard InChI is InChI=1S/C12H20N2O2S/c1-7(2)5-10(12(15)16)13-8(3)11-6-17-9(4)14-11/h6-8,10,13H,5H2,1-4H3,(H,15,16). The summed E-state index contributed by atoms with van der Waals surface area (Å²) in [6.45, 7) is 7.94. The smallest absolute Gasteiger partial charge is 0.320 e. The molecule has 0 spiro atoms. The molecule has 0 amide bonds. The van der Waals surface area contributed by atoms with E-state index in [0.29, 0.717) is 12.3 Å². The van der Waals surface area contributed by atoms with Gasteiger partial charge in [0.25, 0.3) is 0 Å². The normalized spacial score (nSPS) is 14.9. The molecule has 2 atom stereocenters. The molecule has 4 nitrogen and oxygen atoms in total. The summed E-state index contributed by atoms with van der Waals surface area (Å²) < 4.78 is 0. The minimum atomic E-state index is -0.794. The van der Waals surface area contributed by atoms with Crippen LogP contribution in [-0.2, 0) is 4.79 Å². The molecule has 0 radical (unpaired) electrons.